The second-order valence-electron chi connectivity index (χ2n) is 7.16. The van der Waals surface area contributed by atoms with E-state index in [4.69, 9.17) is 0 Å². The number of carbonyl (C=O) groups excluding carboxylic acids is 2. The van der Waals surface area contributed by atoms with E-state index in [1.54, 1.807) is 48.2 Å². The van der Waals surface area contributed by atoms with E-state index in [1.807, 2.05) is 20.4 Å². The van der Waals surface area contributed by atoms with E-state index in [0.717, 1.165) is 5.88 Å². The van der Waals surface area contributed by atoms with Gasteiger partial charge in [0.2, 0.25) is 6.41 Å². The van der Waals surface area contributed by atoms with Crippen molar-refractivity contribution in [2.24, 2.45) is 0 Å². The minimum absolute atomic E-state index is 0.0305. The molecule has 0 aliphatic rings. The van der Waals surface area contributed by atoms with Crippen LogP contribution in [-0.2, 0) is 19.6 Å². The summed E-state index contributed by atoms with van der Waals surface area (Å²) < 4.78 is 28.4. The summed E-state index contributed by atoms with van der Waals surface area (Å²) in [6.07, 6.45) is 2.47. The van der Waals surface area contributed by atoms with Gasteiger partial charge >= 0.3 is 0 Å². The largest absolute Gasteiger partial charge is 0.321 e. The highest BCUT2D eigenvalue weighted by Gasteiger charge is 2.20. The summed E-state index contributed by atoms with van der Waals surface area (Å²) in [6, 6.07) is 12.4. The molecule has 0 aliphatic carbocycles. The molecule has 0 atom stereocenters. The first kappa shape index (κ1) is 23.5. The lowest BCUT2D eigenvalue weighted by Crippen LogP contribution is -2.45. The highest BCUT2D eigenvalue weighted by atomic mass is 32.2. The van der Waals surface area contributed by atoms with Crippen LogP contribution in [0.25, 0.3) is 0 Å². The lowest BCUT2D eigenvalue weighted by atomic mass is 10.3. The van der Waals surface area contributed by atoms with Crippen molar-refractivity contribution < 1.29 is 22.5 Å². The van der Waals surface area contributed by atoms with Crippen molar-refractivity contribution in [2.45, 2.75) is 4.90 Å². The summed E-state index contributed by atoms with van der Waals surface area (Å²) in [7, 11) is 0.0642. The molecule has 0 spiro atoms. The maximum atomic E-state index is 12.7. The van der Waals surface area contributed by atoms with E-state index >= 15 is 0 Å². The van der Waals surface area contributed by atoms with Gasteiger partial charge in [-0.05, 0) is 48.7 Å². The molecule has 0 bridgehead atoms. The monoisotopic (exact) mass is 452 g/mol. The smallest absolute Gasteiger partial charge is 0.279 e. The molecular weight excluding hydrogens is 426 g/mol. The number of carbonyl (C=O) groups is 2. The van der Waals surface area contributed by atoms with Gasteiger partial charge in [0.25, 0.3) is 15.9 Å². The molecular formula is C19H26N5O4S2+. The number of anilines is 3. The molecule has 2 aromatic rings. The van der Waals surface area contributed by atoms with Gasteiger partial charge in [-0.3, -0.25) is 25.2 Å². The van der Waals surface area contributed by atoms with Gasteiger partial charge in [-0.2, -0.15) is 0 Å². The van der Waals surface area contributed by atoms with Gasteiger partial charge in [-0.25, -0.2) is 8.42 Å². The van der Waals surface area contributed by atoms with Gasteiger partial charge in [-0.15, -0.1) is 11.8 Å². The molecule has 11 heteroatoms. The first-order valence-corrected chi connectivity index (χ1v) is 11.8. The van der Waals surface area contributed by atoms with Crippen molar-refractivity contribution in [3.05, 3.63) is 48.5 Å². The fourth-order valence-corrected chi connectivity index (χ4v) is 4.57. The lowest BCUT2D eigenvalue weighted by Gasteiger charge is -2.27. The topological polar surface area (TPSA) is 116 Å². The third-order valence-corrected chi connectivity index (χ3v) is 6.23. The van der Waals surface area contributed by atoms with Crippen LogP contribution in [0.5, 0.6) is 0 Å². The van der Waals surface area contributed by atoms with Crippen LogP contribution in [0.4, 0.5) is 17.1 Å². The van der Waals surface area contributed by atoms with Crippen LogP contribution in [0.15, 0.2) is 53.4 Å². The number of sulfonamides is 1. The minimum atomic E-state index is -3.85. The number of rotatable bonds is 11. The third kappa shape index (κ3) is 7.25. The Labute approximate surface area is 180 Å². The van der Waals surface area contributed by atoms with Crippen molar-refractivity contribution >= 4 is 51.2 Å². The van der Waals surface area contributed by atoms with Gasteiger partial charge < -0.3 is 9.80 Å². The number of hydrazine groups is 1. The van der Waals surface area contributed by atoms with Gasteiger partial charge in [0.1, 0.15) is 5.88 Å². The van der Waals surface area contributed by atoms with Crippen LogP contribution < -0.4 is 20.9 Å². The molecule has 9 nitrogen and oxygen atoms in total. The Morgan fingerprint density at radius 1 is 1.07 bits per heavy atom. The molecule has 4 N–H and O–H groups in total. The van der Waals surface area contributed by atoms with E-state index in [9.17, 15) is 18.0 Å². The Kier molecular flexibility index (Phi) is 8.09. The number of likely N-dealkylation sites (N-methyl/N-ethyl adjacent to an activating group) is 1. The van der Waals surface area contributed by atoms with Crippen LogP contribution in [0, 0.1) is 0 Å². The van der Waals surface area contributed by atoms with Crippen molar-refractivity contribution in [2.75, 3.05) is 48.2 Å². The SMILES string of the molecule is CSC[N+](C)(C)CC(=O)Nc1cccc(S(=O)(=O)Nc2ccc(NNC=O)cc2)c1. The van der Waals surface area contributed by atoms with E-state index in [1.165, 1.54) is 12.1 Å². The maximum Gasteiger partial charge on any atom is 0.279 e. The number of amides is 2. The summed E-state index contributed by atoms with van der Waals surface area (Å²) >= 11 is 1.65. The molecule has 30 heavy (non-hydrogen) atoms. The van der Waals surface area contributed by atoms with Crippen molar-refractivity contribution in [3.8, 4) is 0 Å². The average molecular weight is 453 g/mol. The summed E-state index contributed by atoms with van der Waals surface area (Å²) in [6.45, 7) is 0.273. The quantitative estimate of drug-likeness (QED) is 0.179. The molecule has 2 rings (SSSR count). The predicted molar refractivity (Wildman–Crippen MR) is 121 cm³/mol. The van der Waals surface area contributed by atoms with Crippen molar-refractivity contribution in [3.63, 3.8) is 0 Å². The molecule has 0 fully saturated rings. The van der Waals surface area contributed by atoms with Crippen LogP contribution >= 0.6 is 11.8 Å². The molecule has 0 heterocycles. The van der Waals surface area contributed by atoms with Crippen LogP contribution in [0.3, 0.4) is 0 Å². The Balaban J connectivity index is 2.08. The van der Waals surface area contributed by atoms with Crippen LogP contribution in [0.1, 0.15) is 0 Å². The Morgan fingerprint density at radius 2 is 1.73 bits per heavy atom. The number of hydrogen-bond acceptors (Lipinski definition) is 6. The van der Waals surface area contributed by atoms with E-state index in [-0.39, 0.29) is 17.3 Å². The van der Waals surface area contributed by atoms with E-state index < -0.39 is 10.0 Å². The zero-order valence-corrected chi connectivity index (χ0v) is 18.6. The van der Waals surface area contributed by atoms with Crippen molar-refractivity contribution in [1.82, 2.24) is 5.43 Å². The molecule has 0 aliphatic heterocycles. The standard InChI is InChI=1S/C19H25N5O4S2/c1-24(2,14-29-3)12-19(26)21-17-5-4-6-18(11-17)30(27,28)23-16-9-7-15(8-10-16)22-20-13-25/h4-11,13,22-23H,12,14H2,1-3H3,(H-,20,21,25,26)/p+1. The molecule has 0 unspecified atom stereocenters. The Morgan fingerprint density at radius 3 is 2.37 bits per heavy atom. The van der Waals surface area contributed by atoms with Gasteiger partial charge in [-0.1, -0.05) is 6.07 Å². The number of thioether (sulfide) groups is 1. The fraction of sp³-hybridized carbons (Fsp3) is 0.263. The number of nitrogens with one attached hydrogen (secondary N) is 4. The highest BCUT2D eigenvalue weighted by Crippen LogP contribution is 2.21. The van der Waals surface area contributed by atoms with E-state index in [2.05, 4.69) is 20.9 Å². The minimum Gasteiger partial charge on any atom is -0.321 e. The Bertz CT molecular complexity index is 979. The third-order valence-electron chi connectivity index (χ3n) is 3.89. The van der Waals surface area contributed by atoms with Crippen LogP contribution in [0.2, 0.25) is 0 Å². The summed E-state index contributed by atoms with van der Waals surface area (Å²) in [4.78, 5) is 22.6. The highest BCUT2D eigenvalue weighted by molar-refractivity contribution is 7.98. The Hall–Kier alpha value is -2.76. The molecule has 2 aromatic carbocycles. The average Bonchev–Trinajstić information content (AvgIpc) is 2.66. The fourth-order valence-electron chi connectivity index (χ4n) is 2.67. The second kappa shape index (κ2) is 10.3. The normalized spacial score (nSPS) is 11.4. The van der Waals surface area contributed by atoms with E-state index in [0.29, 0.717) is 28.0 Å². The number of quaternary nitrogens is 1. The zero-order valence-electron chi connectivity index (χ0n) is 17.0. The second-order valence-corrected chi connectivity index (χ2v) is 9.68. The summed E-state index contributed by atoms with van der Waals surface area (Å²) in [5.74, 6) is 0.592. The molecule has 2 amide bonds. The first-order valence-electron chi connectivity index (χ1n) is 8.94. The van der Waals surface area contributed by atoms with Gasteiger partial charge in [0, 0.05) is 11.4 Å². The maximum absolute atomic E-state index is 12.7. The molecule has 0 saturated heterocycles. The zero-order chi connectivity index (χ0) is 22.2. The first-order chi connectivity index (χ1) is 14.1. The van der Waals surface area contributed by atoms with Crippen LogP contribution in [-0.4, -0.2) is 58.0 Å². The summed E-state index contributed by atoms with van der Waals surface area (Å²) in [5, 5.41) is 2.76. The predicted octanol–water partition coefficient (Wildman–Crippen LogP) is 1.90. The number of hydrogen-bond donors (Lipinski definition) is 4. The summed E-state index contributed by atoms with van der Waals surface area (Å²) in [5.41, 5.74) is 6.28. The molecule has 162 valence electrons. The van der Waals surface area contributed by atoms with Gasteiger partial charge in [0.05, 0.1) is 24.7 Å². The lowest BCUT2D eigenvalue weighted by molar-refractivity contribution is -0.869. The van der Waals surface area contributed by atoms with Gasteiger partial charge in [0.15, 0.2) is 6.54 Å². The molecule has 0 saturated carbocycles. The number of benzene rings is 2. The van der Waals surface area contributed by atoms with Crippen molar-refractivity contribution in [1.29, 1.82) is 0 Å². The number of nitrogens with zero attached hydrogens (tertiary/aromatic N) is 1. The molecule has 0 radical (unpaired) electrons. The molecule has 0 aromatic heterocycles.